The van der Waals surface area contributed by atoms with Crippen LogP contribution in [0, 0.1) is 5.92 Å². The second kappa shape index (κ2) is 11.5. The third-order valence-electron chi connectivity index (χ3n) is 3.21. The zero-order chi connectivity index (χ0) is 17.8. The molecule has 0 saturated carbocycles. The van der Waals surface area contributed by atoms with E-state index in [0.717, 1.165) is 37.4 Å². The van der Waals surface area contributed by atoms with Crippen LogP contribution in [0.5, 0.6) is 0 Å². The molecule has 0 heterocycles. The van der Waals surface area contributed by atoms with E-state index in [-0.39, 0.29) is 5.91 Å². The highest BCUT2D eigenvalue weighted by Gasteiger charge is 2.05. The van der Waals surface area contributed by atoms with Crippen molar-refractivity contribution < 1.29 is 9.53 Å². The van der Waals surface area contributed by atoms with Crippen LogP contribution in [0.4, 0.5) is 5.69 Å². The molecule has 6 heteroatoms. The molecule has 1 aromatic rings. The van der Waals surface area contributed by atoms with Gasteiger partial charge in [0.2, 0.25) is 5.91 Å². The van der Waals surface area contributed by atoms with Crippen molar-refractivity contribution in [2.24, 2.45) is 16.6 Å². The van der Waals surface area contributed by atoms with Crippen molar-refractivity contribution in [1.29, 1.82) is 0 Å². The Bertz CT molecular complexity index is 530. The largest absolute Gasteiger partial charge is 0.382 e. The van der Waals surface area contributed by atoms with Crippen LogP contribution in [0.15, 0.2) is 29.3 Å². The molecule has 1 aromatic carbocycles. The number of ether oxygens (including phenoxy) is 1. The maximum atomic E-state index is 11.8. The van der Waals surface area contributed by atoms with Gasteiger partial charge in [0, 0.05) is 31.9 Å². The normalized spacial score (nSPS) is 11.6. The number of nitrogens with one attached hydrogen (secondary N) is 2. The first kappa shape index (κ1) is 20.0. The number of guanidine groups is 1. The van der Waals surface area contributed by atoms with E-state index in [1.165, 1.54) is 0 Å². The van der Waals surface area contributed by atoms with Gasteiger partial charge in [0.25, 0.3) is 0 Å². The molecule has 1 rings (SSSR count). The predicted molar refractivity (Wildman–Crippen MR) is 99.0 cm³/mol. The maximum absolute atomic E-state index is 11.8. The molecule has 134 valence electrons. The summed E-state index contributed by atoms with van der Waals surface area (Å²) in [5.41, 5.74) is 7.62. The standard InChI is InChI=1S/C18H30N4O2/c1-4-24-10-6-9-20-18(19)21-13-15-7-5-8-16(12-15)22-17(23)11-14(2)3/h5,7-8,12,14H,4,6,9-11,13H2,1-3H3,(H,22,23)(H3,19,20,21). The SMILES string of the molecule is CCOCCCNC(N)=NCc1cccc(NC(=O)CC(C)C)c1. The summed E-state index contributed by atoms with van der Waals surface area (Å²) in [6, 6.07) is 7.66. The van der Waals surface area contributed by atoms with E-state index in [1.54, 1.807) is 0 Å². The van der Waals surface area contributed by atoms with Crippen LogP contribution < -0.4 is 16.4 Å². The van der Waals surface area contributed by atoms with E-state index in [2.05, 4.69) is 15.6 Å². The molecular formula is C18H30N4O2. The number of hydrogen-bond acceptors (Lipinski definition) is 3. The molecular weight excluding hydrogens is 304 g/mol. The first-order chi connectivity index (χ1) is 11.5. The Morgan fingerprint density at radius 1 is 1.38 bits per heavy atom. The molecule has 4 N–H and O–H groups in total. The predicted octanol–water partition coefficient (Wildman–Crippen LogP) is 2.50. The lowest BCUT2D eigenvalue weighted by atomic mass is 10.1. The molecule has 24 heavy (non-hydrogen) atoms. The summed E-state index contributed by atoms with van der Waals surface area (Å²) in [6.45, 7) is 8.67. The smallest absolute Gasteiger partial charge is 0.224 e. The number of carbonyl (C=O) groups is 1. The van der Waals surface area contributed by atoms with Gasteiger partial charge in [-0.05, 0) is 37.0 Å². The van der Waals surface area contributed by atoms with Crippen molar-refractivity contribution >= 4 is 17.6 Å². The fourth-order valence-electron chi connectivity index (χ4n) is 2.10. The molecule has 0 radical (unpaired) electrons. The minimum Gasteiger partial charge on any atom is -0.382 e. The first-order valence-corrected chi connectivity index (χ1v) is 8.51. The molecule has 0 aliphatic rings. The van der Waals surface area contributed by atoms with E-state index in [0.29, 0.717) is 24.8 Å². The summed E-state index contributed by atoms with van der Waals surface area (Å²) in [5, 5.41) is 5.97. The molecule has 0 spiro atoms. The second-order valence-electron chi connectivity index (χ2n) is 6.03. The number of nitrogens with zero attached hydrogens (tertiary/aromatic N) is 1. The maximum Gasteiger partial charge on any atom is 0.224 e. The van der Waals surface area contributed by atoms with Crippen LogP contribution in [0.2, 0.25) is 0 Å². The number of benzene rings is 1. The van der Waals surface area contributed by atoms with E-state index >= 15 is 0 Å². The Morgan fingerprint density at radius 3 is 2.88 bits per heavy atom. The van der Waals surface area contributed by atoms with Crippen LogP contribution in [-0.4, -0.2) is 31.6 Å². The van der Waals surface area contributed by atoms with Gasteiger partial charge in [-0.2, -0.15) is 0 Å². The summed E-state index contributed by atoms with van der Waals surface area (Å²) in [5.74, 6) is 0.785. The molecule has 0 bridgehead atoms. The number of anilines is 1. The van der Waals surface area contributed by atoms with Gasteiger partial charge in [0.1, 0.15) is 0 Å². The molecule has 0 aliphatic carbocycles. The Labute approximate surface area is 144 Å². The number of hydrogen-bond donors (Lipinski definition) is 3. The van der Waals surface area contributed by atoms with Crippen LogP contribution in [-0.2, 0) is 16.1 Å². The van der Waals surface area contributed by atoms with Crippen LogP contribution >= 0.6 is 0 Å². The summed E-state index contributed by atoms with van der Waals surface area (Å²) >= 11 is 0. The lowest BCUT2D eigenvalue weighted by Gasteiger charge is -2.09. The molecule has 0 aliphatic heterocycles. The molecule has 0 saturated heterocycles. The summed E-state index contributed by atoms with van der Waals surface area (Å²) in [6.07, 6.45) is 1.41. The Morgan fingerprint density at radius 2 is 2.17 bits per heavy atom. The fraction of sp³-hybridized carbons (Fsp3) is 0.556. The number of nitrogens with two attached hydrogens (primary N) is 1. The minimum absolute atomic E-state index is 0.0288. The highest BCUT2D eigenvalue weighted by Crippen LogP contribution is 2.13. The van der Waals surface area contributed by atoms with Crippen LogP contribution in [0.1, 0.15) is 39.2 Å². The number of rotatable bonds is 10. The van der Waals surface area contributed by atoms with Crippen molar-refractivity contribution in [3.63, 3.8) is 0 Å². The highest BCUT2D eigenvalue weighted by molar-refractivity contribution is 5.90. The second-order valence-corrected chi connectivity index (χ2v) is 6.03. The molecule has 0 fully saturated rings. The van der Waals surface area contributed by atoms with E-state index in [1.807, 2.05) is 45.0 Å². The van der Waals surface area contributed by atoms with Gasteiger partial charge in [-0.3, -0.25) is 4.79 Å². The molecule has 0 unspecified atom stereocenters. The number of amides is 1. The quantitative estimate of drug-likeness (QED) is 0.348. The zero-order valence-corrected chi connectivity index (χ0v) is 15.0. The van der Waals surface area contributed by atoms with Gasteiger partial charge < -0.3 is 21.1 Å². The molecule has 1 amide bonds. The Balaban J connectivity index is 2.43. The van der Waals surface area contributed by atoms with E-state index < -0.39 is 0 Å². The highest BCUT2D eigenvalue weighted by atomic mass is 16.5. The van der Waals surface area contributed by atoms with Crippen molar-refractivity contribution in [3.8, 4) is 0 Å². The fourth-order valence-corrected chi connectivity index (χ4v) is 2.10. The number of aliphatic imine (C=N–C) groups is 1. The first-order valence-electron chi connectivity index (χ1n) is 8.51. The lowest BCUT2D eigenvalue weighted by molar-refractivity contribution is -0.116. The third kappa shape index (κ3) is 9.15. The third-order valence-corrected chi connectivity index (χ3v) is 3.21. The molecule has 0 aromatic heterocycles. The van der Waals surface area contributed by atoms with Crippen LogP contribution in [0.3, 0.4) is 0 Å². The van der Waals surface area contributed by atoms with E-state index in [9.17, 15) is 4.79 Å². The van der Waals surface area contributed by atoms with Crippen molar-refractivity contribution in [2.75, 3.05) is 25.1 Å². The van der Waals surface area contributed by atoms with Gasteiger partial charge in [0.15, 0.2) is 5.96 Å². The average molecular weight is 334 g/mol. The monoisotopic (exact) mass is 334 g/mol. The van der Waals surface area contributed by atoms with Gasteiger partial charge in [-0.1, -0.05) is 26.0 Å². The van der Waals surface area contributed by atoms with Gasteiger partial charge in [-0.25, -0.2) is 4.99 Å². The zero-order valence-electron chi connectivity index (χ0n) is 15.0. The minimum atomic E-state index is 0.0288. The van der Waals surface area contributed by atoms with Gasteiger partial charge in [-0.15, -0.1) is 0 Å². The summed E-state index contributed by atoms with van der Waals surface area (Å²) in [4.78, 5) is 16.1. The summed E-state index contributed by atoms with van der Waals surface area (Å²) in [7, 11) is 0. The van der Waals surface area contributed by atoms with Crippen molar-refractivity contribution in [1.82, 2.24) is 5.32 Å². The topological polar surface area (TPSA) is 88.7 Å². The van der Waals surface area contributed by atoms with E-state index in [4.69, 9.17) is 10.5 Å². The summed E-state index contributed by atoms with van der Waals surface area (Å²) < 4.78 is 5.26. The van der Waals surface area contributed by atoms with Crippen LogP contribution in [0.25, 0.3) is 0 Å². The van der Waals surface area contributed by atoms with Crippen molar-refractivity contribution in [2.45, 2.75) is 40.2 Å². The average Bonchev–Trinajstić information content (AvgIpc) is 2.52. The lowest BCUT2D eigenvalue weighted by Crippen LogP contribution is -2.32. The van der Waals surface area contributed by atoms with Gasteiger partial charge >= 0.3 is 0 Å². The Hall–Kier alpha value is -2.08. The van der Waals surface area contributed by atoms with Gasteiger partial charge in [0.05, 0.1) is 6.54 Å². The molecule has 0 atom stereocenters. The molecule has 6 nitrogen and oxygen atoms in total. The van der Waals surface area contributed by atoms with Crippen molar-refractivity contribution in [3.05, 3.63) is 29.8 Å². The number of carbonyl (C=O) groups excluding carboxylic acids is 1. The Kier molecular flexibility index (Phi) is 9.53.